The van der Waals surface area contributed by atoms with Gasteiger partial charge in [0.25, 0.3) is 5.79 Å². The predicted molar refractivity (Wildman–Crippen MR) is 142 cm³/mol. The molecule has 40 heavy (non-hydrogen) atoms. The minimum Gasteiger partial charge on any atom is -0.493 e. The van der Waals surface area contributed by atoms with E-state index in [1.165, 1.54) is 19.2 Å². The second kappa shape index (κ2) is 9.83. The molecule has 2 saturated heterocycles. The van der Waals surface area contributed by atoms with Gasteiger partial charge in [-0.2, -0.15) is 5.10 Å². The topological polar surface area (TPSA) is 113 Å². The monoisotopic (exact) mass is 548 g/mol. The number of nitrogens with zero attached hydrogens (tertiary/aromatic N) is 2. The summed E-state index contributed by atoms with van der Waals surface area (Å²) in [6, 6.07) is 10.4. The molecule has 3 atom stereocenters. The molecule has 6 rings (SSSR count). The van der Waals surface area contributed by atoms with E-state index in [1.54, 1.807) is 31.3 Å². The Morgan fingerprint density at radius 1 is 1.00 bits per heavy atom. The second-order valence-electron chi connectivity index (χ2n) is 10.6. The van der Waals surface area contributed by atoms with E-state index in [0.717, 1.165) is 24.8 Å². The largest absolute Gasteiger partial charge is 0.493 e. The summed E-state index contributed by atoms with van der Waals surface area (Å²) in [6.45, 7) is 1.81. The third-order valence-electron chi connectivity index (χ3n) is 8.55. The van der Waals surface area contributed by atoms with Gasteiger partial charge in [0.1, 0.15) is 6.04 Å². The smallest absolute Gasteiger partial charge is 0.331 e. The van der Waals surface area contributed by atoms with Crippen molar-refractivity contribution in [2.75, 3.05) is 20.8 Å². The van der Waals surface area contributed by atoms with Gasteiger partial charge in [-0.05, 0) is 48.6 Å². The van der Waals surface area contributed by atoms with Crippen molar-refractivity contribution < 1.29 is 38.1 Å². The number of carbonyl (C=O) groups is 3. The Morgan fingerprint density at radius 2 is 1.70 bits per heavy atom. The Kier molecular flexibility index (Phi) is 6.43. The average Bonchev–Trinajstić information content (AvgIpc) is 3.29. The van der Waals surface area contributed by atoms with Crippen molar-refractivity contribution in [2.24, 2.45) is 10.5 Å². The molecule has 10 nitrogen and oxygen atoms in total. The van der Waals surface area contributed by atoms with Crippen LogP contribution in [0.15, 0.2) is 47.6 Å². The van der Waals surface area contributed by atoms with E-state index in [4.69, 9.17) is 23.7 Å². The van der Waals surface area contributed by atoms with Gasteiger partial charge < -0.3 is 23.7 Å². The molecule has 1 saturated carbocycles. The number of rotatable bonds is 5. The van der Waals surface area contributed by atoms with Crippen LogP contribution in [-0.2, 0) is 28.6 Å². The number of ether oxygens (including phenoxy) is 5. The Hall–Kier alpha value is -4.08. The SMILES string of the molecule is CCOC(=O)[C@H]1[C@H](c2ccc(OC)c(OC)c2)C2(C(=O)OC3(CCCCC3)OC2=O)[C@H]2c3ccccc3C=NN12. The molecule has 210 valence electrons. The van der Waals surface area contributed by atoms with Crippen molar-refractivity contribution in [3.8, 4) is 11.5 Å². The third kappa shape index (κ3) is 3.68. The molecule has 0 unspecified atom stereocenters. The molecule has 2 spiro atoms. The molecule has 2 aromatic carbocycles. The first-order valence-electron chi connectivity index (χ1n) is 13.7. The fourth-order valence-corrected chi connectivity index (χ4v) is 6.82. The van der Waals surface area contributed by atoms with Crippen LogP contribution in [0.1, 0.15) is 67.7 Å². The maximum absolute atomic E-state index is 14.5. The standard InChI is InChI=1S/C30H32N2O8/c1-4-38-26(33)24-23(18-12-13-21(36-2)22(16-18)37-3)30(25-20-11-7-6-10-19(20)17-31-32(24)25)27(34)39-29(40-28(30)35)14-8-5-9-15-29/h6-7,10-13,16-17,23-25H,4-5,8-9,14-15H2,1-3H3/t23-,24+,25+/m0/s1. The summed E-state index contributed by atoms with van der Waals surface area (Å²) in [5, 5.41) is 6.15. The Balaban J connectivity index is 1.61. The van der Waals surface area contributed by atoms with Crippen LogP contribution in [0.25, 0.3) is 0 Å². The fourth-order valence-electron chi connectivity index (χ4n) is 6.82. The lowest BCUT2D eigenvalue weighted by Crippen LogP contribution is -2.60. The molecule has 0 radical (unpaired) electrons. The van der Waals surface area contributed by atoms with Gasteiger partial charge in [-0.3, -0.25) is 14.6 Å². The van der Waals surface area contributed by atoms with Gasteiger partial charge in [-0.25, -0.2) is 4.79 Å². The zero-order valence-corrected chi connectivity index (χ0v) is 22.8. The third-order valence-corrected chi connectivity index (χ3v) is 8.55. The fraction of sp³-hybridized carbons (Fsp3) is 0.467. The molecule has 10 heteroatoms. The van der Waals surface area contributed by atoms with Gasteiger partial charge in [0.15, 0.2) is 17.5 Å². The molecular formula is C30H32N2O8. The summed E-state index contributed by atoms with van der Waals surface area (Å²) in [6.07, 6.45) is 5.03. The highest BCUT2D eigenvalue weighted by molar-refractivity contribution is 6.06. The zero-order chi connectivity index (χ0) is 28.1. The van der Waals surface area contributed by atoms with Crippen molar-refractivity contribution in [3.05, 3.63) is 59.2 Å². The number of esters is 3. The lowest BCUT2D eigenvalue weighted by atomic mass is 9.65. The van der Waals surface area contributed by atoms with Crippen LogP contribution in [0.4, 0.5) is 0 Å². The molecule has 3 aliphatic heterocycles. The number of benzene rings is 2. The molecule has 0 amide bonds. The summed E-state index contributed by atoms with van der Waals surface area (Å²) in [5.41, 5.74) is -0.0556. The van der Waals surface area contributed by atoms with E-state index in [1.807, 2.05) is 24.3 Å². The van der Waals surface area contributed by atoms with Crippen LogP contribution in [0.5, 0.6) is 11.5 Å². The van der Waals surface area contributed by atoms with Crippen LogP contribution in [-0.4, -0.2) is 61.8 Å². The first-order chi connectivity index (χ1) is 19.4. The van der Waals surface area contributed by atoms with Crippen LogP contribution in [0.3, 0.4) is 0 Å². The highest BCUT2D eigenvalue weighted by atomic mass is 16.7. The van der Waals surface area contributed by atoms with Gasteiger partial charge in [-0.15, -0.1) is 0 Å². The van der Waals surface area contributed by atoms with E-state index in [9.17, 15) is 14.4 Å². The summed E-state index contributed by atoms with van der Waals surface area (Å²) < 4.78 is 28.8. The van der Waals surface area contributed by atoms with E-state index in [0.29, 0.717) is 35.5 Å². The van der Waals surface area contributed by atoms with Gasteiger partial charge in [0.2, 0.25) is 5.41 Å². The molecule has 0 N–H and O–H groups in total. The summed E-state index contributed by atoms with van der Waals surface area (Å²) in [7, 11) is 3.01. The first kappa shape index (κ1) is 26.2. The summed E-state index contributed by atoms with van der Waals surface area (Å²) in [4.78, 5) is 42.8. The molecule has 0 aromatic heterocycles. The van der Waals surface area contributed by atoms with Crippen molar-refractivity contribution in [2.45, 2.75) is 62.8 Å². The molecule has 3 heterocycles. The predicted octanol–water partition coefficient (Wildman–Crippen LogP) is 3.87. The van der Waals surface area contributed by atoms with Gasteiger partial charge in [0, 0.05) is 18.8 Å². The Morgan fingerprint density at radius 3 is 2.38 bits per heavy atom. The van der Waals surface area contributed by atoms with Crippen LogP contribution < -0.4 is 9.47 Å². The second-order valence-corrected chi connectivity index (χ2v) is 10.6. The number of hydrogen-bond donors (Lipinski definition) is 0. The molecule has 1 aliphatic carbocycles. The molecular weight excluding hydrogens is 516 g/mol. The quantitative estimate of drug-likeness (QED) is 0.406. The average molecular weight is 549 g/mol. The number of hydrogen-bond acceptors (Lipinski definition) is 10. The van der Waals surface area contributed by atoms with Crippen LogP contribution in [0, 0.1) is 5.41 Å². The Labute approximate surface area is 232 Å². The van der Waals surface area contributed by atoms with Crippen molar-refractivity contribution in [1.29, 1.82) is 0 Å². The number of fused-ring (bicyclic) bond motifs is 4. The zero-order valence-electron chi connectivity index (χ0n) is 22.8. The summed E-state index contributed by atoms with van der Waals surface area (Å²) in [5.74, 6) is -3.59. The highest BCUT2D eigenvalue weighted by Crippen LogP contribution is 2.63. The number of carbonyl (C=O) groups excluding carboxylic acids is 3. The van der Waals surface area contributed by atoms with Gasteiger partial charge in [-0.1, -0.05) is 36.8 Å². The number of hydrazone groups is 1. The van der Waals surface area contributed by atoms with Gasteiger partial charge >= 0.3 is 17.9 Å². The minimum absolute atomic E-state index is 0.109. The summed E-state index contributed by atoms with van der Waals surface area (Å²) >= 11 is 0. The van der Waals surface area contributed by atoms with E-state index < -0.39 is 47.1 Å². The van der Waals surface area contributed by atoms with Crippen molar-refractivity contribution >= 4 is 24.1 Å². The molecule has 0 bridgehead atoms. The van der Waals surface area contributed by atoms with E-state index in [-0.39, 0.29) is 6.61 Å². The number of methoxy groups -OCH3 is 2. The maximum atomic E-state index is 14.5. The molecule has 4 aliphatic rings. The lowest BCUT2D eigenvalue weighted by Gasteiger charge is -2.47. The Bertz CT molecular complexity index is 1360. The highest BCUT2D eigenvalue weighted by Gasteiger charge is 2.76. The molecule has 3 fully saturated rings. The van der Waals surface area contributed by atoms with Crippen LogP contribution >= 0.6 is 0 Å². The first-order valence-corrected chi connectivity index (χ1v) is 13.7. The van der Waals surface area contributed by atoms with Crippen molar-refractivity contribution in [3.63, 3.8) is 0 Å². The van der Waals surface area contributed by atoms with E-state index in [2.05, 4.69) is 5.10 Å². The van der Waals surface area contributed by atoms with Crippen molar-refractivity contribution in [1.82, 2.24) is 5.01 Å². The van der Waals surface area contributed by atoms with E-state index >= 15 is 0 Å². The van der Waals surface area contributed by atoms with Gasteiger partial charge in [0.05, 0.1) is 27.0 Å². The van der Waals surface area contributed by atoms with Crippen LogP contribution in [0.2, 0.25) is 0 Å². The lowest BCUT2D eigenvalue weighted by molar-refractivity contribution is -0.273. The molecule has 2 aromatic rings. The maximum Gasteiger partial charge on any atom is 0.331 e. The minimum atomic E-state index is -1.95. The normalized spacial score (nSPS) is 25.6.